The van der Waals surface area contributed by atoms with Crippen LogP contribution < -0.4 is 0 Å². The van der Waals surface area contributed by atoms with Crippen molar-refractivity contribution in [3.05, 3.63) is 35.9 Å². The molecular weight excluding hydrogens is 188 g/mol. The van der Waals surface area contributed by atoms with Crippen molar-refractivity contribution in [2.45, 2.75) is 13.0 Å². The van der Waals surface area contributed by atoms with Crippen molar-refractivity contribution < 1.29 is 4.43 Å². The van der Waals surface area contributed by atoms with E-state index in [9.17, 15) is 0 Å². The molecule has 0 spiro atoms. The number of halogens is 1. The molecule has 65 valence electrons. The predicted molar refractivity (Wildman–Crippen MR) is 53.6 cm³/mol. The third-order valence-electron chi connectivity index (χ3n) is 1.53. The van der Waals surface area contributed by atoms with Gasteiger partial charge in [0.05, 0.1) is 0 Å². The van der Waals surface area contributed by atoms with Crippen molar-refractivity contribution >= 4 is 19.4 Å². The van der Waals surface area contributed by atoms with Gasteiger partial charge >= 0.3 is 8.35 Å². The minimum absolute atomic E-state index is 0.734. The topological polar surface area (TPSA) is 9.23 Å². The molecule has 0 amide bonds. The number of benzene rings is 1. The van der Waals surface area contributed by atoms with Crippen molar-refractivity contribution in [1.29, 1.82) is 0 Å². The second-order valence-electron chi connectivity index (χ2n) is 2.55. The maximum atomic E-state index is 5.72. The van der Waals surface area contributed by atoms with Crippen LogP contribution in [-0.4, -0.2) is 15.0 Å². The highest BCUT2D eigenvalue weighted by atomic mass is 35.6. The molecule has 0 saturated heterocycles. The lowest BCUT2D eigenvalue weighted by Crippen LogP contribution is -2.07. The molecule has 3 heteroatoms. The van der Waals surface area contributed by atoms with Crippen LogP contribution in [-0.2, 0) is 10.8 Å². The van der Waals surface area contributed by atoms with Crippen molar-refractivity contribution in [1.82, 2.24) is 0 Å². The van der Waals surface area contributed by atoms with Gasteiger partial charge in [-0.3, -0.25) is 0 Å². The zero-order chi connectivity index (χ0) is 8.81. The standard InChI is InChI=1S/C9H12ClOSi/c1-12(10)11-8-7-9-5-3-2-4-6-9/h2-6H,7-8H2,1H3. The average Bonchev–Trinajstić information content (AvgIpc) is 2.05. The lowest BCUT2D eigenvalue weighted by Gasteiger charge is -2.03. The van der Waals surface area contributed by atoms with Crippen LogP contribution >= 0.6 is 11.1 Å². The Bertz CT molecular complexity index is 213. The Balaban J connectivity index is 2.25. The fraction of sp³-hybridized carbons (Fsp3) is 0.333. The minimum Gasteiger partial charge on any atom is -0.403 e. The largest absolute Gasteiger partial charge is 0.403 e. The molecule has 0 aliphatic carbocycles. The fourth-order valence-electron chi connectivity index (χ4n) is 0.954. The molecule has 12 heavy (non-hydrogen) atoms. The molecule has 0 N–H and O–H groups in total. The number of hydrogen-bond donors (Lipinski definition) is 0. The van der Waals surface area contributed by atoms with Gasteiger partial charge in [-0.1, -0.05) is 30.3 Å². The Morgan fingerprint density at radius 2 is 2.00 bits per heavy atom. The molecular formula is C9H12ClOSi. The van der Waals surface area contributed by atoms with Gasteiger partial charge in [0.15, 0.2) is 0 Å². The maximum absolute atomic E-state index is 5.72. The van der Waals surface area contributed by atoms with E-state index in [1.54, 1.807) is 0 Å². The Hall–Kier alpha value is -0.313. The first kappa shape index (κ1) is 9.77. The average molecular weight is 200 g/mol. The van der Waals surface area contributed by atoms with E-state index in [0.29, 0.717) is 0 Å². The summed E-state index contributed by atoms with van der Waals surface area (Å²) in [6.07, 6.45) is 0.954. The molecule has 1 aromatic carbocycles. The molecule has 0 aromatic heterocycles. The van der Waals surface area contributed by atoms with Gasteiger partial charge in [0.25, 0.3) is 0 Å². The van der Waals surface area contributed by atoms with Crippen LogP contribution in [0.5, 0.6) is 0 Å². The van der Waals surface area contributed by atoms with E-state index in [1.165, 1.54) is 5.56 Å². The zero-order valence-electron chi connectivity index (χ0n) is 7.09. The van der Waals surface area contributed by atoms with Gasteiger partial charge in [-0.15, -0.1) is 11.1 Å². The molecule has 0 aliphatic rings. The third-order valence-corrected chi connectivity index (χ3v) is 2.46. The summed E-state index contributed by atoms with van der Waals surface area (Å²) in [5.74, 6) is 0. The van der Waals surface area contributed by atoms with Gasteiger partial charge in [0.1, 0.15) is 0 Å². The first-order valence-electron chi connectivity index (χ1n) is 3.95. The highest BCUT2D eigenvalue weighted by Gasteiger charge is 1.99. The van der Waals surface area contributed by atoms with E-state index in [-0.39, 0.29) is 0 Å². The van der Waals surface area contributed by atoms with E-state index in [4.69, 9.17) is 15.5 Å². The lowest BCUT2D eigenvalue weighted by molar-refractivity contribution is 0.338. The lowest BCUT2D eigenvalue weighted by atomic mass is 10.2. The van der Waals surface area contributed by atoms with E-state index in [2.05, 4.69) is 12.1 Å². The van der Waals surface area contributed by atoms with Crippen LogP contribution in [0.1, 0.15) is 5.56 Å². The Kier molecular flexibility index (Phi) is 4.36. The quantitative estimate of drug-likeness (QED) is 0.535. The normalized spacial score (nSPS) is 10.6. The highest BCUT2D eigenvalue weighted by molar-refractivity contribution is 7.02. The predicted octanol–water partition coefficient (Wildman–Crippen LogP) is 2.60. The van der Waals surface area contributed by atoms with Gasteiger partial charge in [-0.25, -0.2) is 0 Å². The van der Waals surface area contributed by atoms with E-state index in [0.717, 1.165) is 13.0 Å². The number of rotatable bonds is 4. The molecule has 0 saturated carbocycles. The van der Waals surface area contributed by atoms with E-state index < -0.39 is 8.35 Å². The monoisotopic (exact) mass is 199 g/mol. The summed E-state index contributed by atoms with van der Waals surface area (Å²) in [5.41, 5.74) is 1.30. The van der Waals surface area contributed by atoms with Gasteiger partial charge in [-0.05, 0) is 18.5 Å². The summed E-state index contributed by atoms with van der Waals surface area (Å²) in [6, 6.07) is 10.3. The first-order chi connectivity index (χ1) is 5.79. The third kappa shape index (κ3) is 3.90. The van der Waals surface area contributed by atoms with Crippen LogP contribution in [0.2, 0.25) is 6.55 Å². The van der Waals surface area contributed by atoms with Crippen molar-refractivity contribution in [3.8, 4) is 0 Å². The van der Waals surface area contributed by atoms with E-state index in [1.807, 2.05) is 24.7 Å². The Morgan fingerprint density at radius 3 is 2.58 bits per heavy atom. The molecule has 1 rings (SSSR count). The highest BCUT2D eigenvalue weighted by Crippen LogP contribution is 2.00. The molecule has 1 aromatic rings. The number of hydrogen-bond acceptors (Lipinski definition) is 1. The summed E-state index contributed by atoms with van der Waals surface area (Å²) in [7, 11) is -1.03. The van der Waals surface area contributed by atoms with Crippen LogP contribution in [0.25, 0.3) is 0 Å². The molecule has 0 fully saturated rings. The Morgan fingerprint density at radius 1 is 1.33 bits per heavy atom. The van der Waals surface area contributed by atoms with Crippen LogP contribution in [0.3, 0.4) is 0 Å². The van der Waals surface area contributed by atoms with Crippen molar-refractivity contribution in [3.63, 3.8) is 0 Å². The second-order valence-corrected chi connectivity index (χ2v) is 5.38. The van der Waals surface area contributed by atoms with Crippen LogP contribution in [0.15, 0.2) is 30.3 Å². The van der Waals surface area contributed by atoms with Crippen LogP contribution in [0, 0.1) is 0 Å². The van der Waals surface area contributed by atoms with Gasteiger partial charge < -0.3 is 4.43 Å². The van der Waals surface area contributed by atoms with Crippen molar-refractivity contribution in [2.75, 3.05) is 6.61 Å². The maximum Gasteiger partial charge on any atom is 0.319 e. The summed E-state index contributed by atoms with van der Waals surface area (Å²) in [5, 5.41) is 0. The summed E-state index contributed by atoms with van der Waals surface area (Å²) >= 11 is 5.72. The smallest absolute Gasteiger partial charge is 0.319 e. The molecule has 0 bridgehead atoms. The SMILES string of the molecule is C[Si](Cl)OCCc1ccccc1. The molecule has 0 unspecified atom stereocenters. The van der Waals surface area contributed by atoms with Gasteiger partial charge in [-0.2, -0.15) is 0 Å². The molecule has 0 heterocycles. The molecule has 0 atom stereocenters. The first-order valence-corrected chi connectivity index (χ1v) is 6.87. The summed E-state index contributed by atoms with van der Waals surface area (Å²) in [6.45, 7) is 2.66. The second kappa shape index (κ2) is 5.35. The van der Waals surface area contributed by atoms with Gasteiger partial charge in [0, 0.05) is 6.61 Å². The summed E-state index contributed by atoms with van der Waals surface area (Å²) in [4.78, 5) is 0. The molecule has 1 radical (unpaired) electrons. The Labute approximate surface area is 79.7 Å². The van der Waals surface area contributed by atoms with Crippen molar-refractivity contribution in [2.24, 2.45) is 0 Å². The van der Waals surface area contributed by atoms with E-state index >= 15 is 0 Å². The fourth-order valence-corrected chi connectivity index (χ4v) is 1.57. The summed E-state index contributed by atoms with van der Waals surface area (Å²) < 4.78 is 5.31. The minimum atomic E-state index is -1.03. The van der Waals surface area contributed by atoms with Crippen LogP contribution in [0.4, 0.5) is 0 Å². The molecule has 1 nitrogen and oxygen atoms in total. The van der Waals surface area contributed by atoms with Gasteiger partial charge in [0.2, 0.25) is 0 Å². The zero-order valence-corrected chi connectivity index (χ0v) is 8.84. The molecule has 0 aliphatic heterocycles.